The lowest BCUT2D eigenvalue weighted by molar-refractivity contribution is 0.145. The van der Waals surface area contributed by atoms with Gasteiger partial charge in [-0.3, -0.25) is 0 Å². The zero-order chi connectivity index (χ0) is 14.0. The molecule has 2 atom stereocenters. The van der Waals surface area contributed by atoms with Gasteiger partial charge in [-0.2, -0.15) is 0 Å². The SMILES string of the molecule is C[C@H]1CC[C@H](O[Si](C)(C)C(C)(C)C)C/C1=C\CO. The van der Waals surface area contributed by atoms with Crippen LogP contribution in [0, 0.1) is 5.92 Å². The van der Waals surface area contributed by atoms with Crippen LogP contribution in [0.15, 0.2) is 11.6 Å². The molecule has 0 amide bonds. The molecule has 0 heterocycles. The molecule has 0 bridgehead atoms. The molecule has 1 N–H and O–H groups in total. The minimum atomic E-state index is -1.66. The highest BCUT2D eigenvalue weighted by atomic mass is 28.4. The van der Waals surface area contributed by atoms with E-state index in [-0.39, 0.29) is 11.6 Å². The Hall–Kier alpha value is -0.123. The van der Waals surface area contributed by atoms with Gasteiger partial charge < -0.3 is 9.53 Å². The van der Waals surface area contributed by atoms with Crippen molar-refractivity contribution in [1.82, 2.24) is 0 Å². The first kappa shape index (κ1) is 15.9. The summed E-state index contributed by atoms with van der Waals surface area (Å²) in [6, 6.07) is 0. The fourth-order valence-electron chi connectivity index (χ4n) is 2.28. The molecule has 1 rings (SSSR count). The van der Waals surface area contributed by atoms with Crippen LogP contribution in [-0.4, -0.2) is 26.1 Å². The third kappa shape index (κ3) is 3.94. The van der Waals surface area contributed by atoms with Crippen molar-refractivity contribution in [1.29, 1.82) is 0 Å². The van der Waals surface area contributed by atoms with Crippen LogP contribution in [-0.2, 0) is 4.43 Å². The molecule has 1 aliphatic rings. The van der Waals surface area contributed by atoms with Crippen molar-refractivity contribution in [3.8, 4) is 0 Å². The molecular formula is C15H30O2Si. The molecular weight excluding hydrogens is 240 g/mol. The molecule has 0 saturated heterocycles. The first-order valence-electron chi connectivity index (χ1n) is 7.15. The predicted octanol–water partition coefficient (Wildman–Crippen LogP) is 4.12. The van der Waals surface area contributed by atoms with E-state index in [2.05, 4.69) is 40.8 Å². The molecule has 0 radical (unpaired) electrons. The average Bonchev–Trinajstić information content (AvgIpc) is 2.21. The molecule has 0 aromatic carbocycles. The predicted molar refractivity (Wildman–Crippen MR) is 80.3 cm³/mol. The Kier molecular flexibility index (Phi) is 5.21. The van der Waals surface area contributed by atoms with E-state index in [1.54, 1.807) is 0 Å². The summed E-state index contributed by atoms with van der Waals surface area (Å²) in [5.41, 5.74) is 1.38. The molecule has 1 aliphatic carbocycles. The van der Waals surface area contributed by atoms with Crippen LogP contribution in [0.2, 0.25) is 18.1 Å². The summed E-state index contributed by atoms with van der Waals surface area (Å²) in [4.78, 5) is 0. The Balaban J connectivity index is 2.67. The molecule has 0 spiro atoms. The standard InChI is InChI=1S/C15H30O2Si/c1-12-7-8-14(11-13(12)9-10-16)17-18(5,6)15(2,3)4/h9,12,14,16H,7-8,10-11H2,1-6H3/b13-9+/t12-,14-/m0/s1. The molecule has 106 valence electrons. The lowest BCUT2D eigenvalue weighted by atomic mass is 9.84. The summed E-state index contributed by atoms with van der Waals surface area (Å²) in [5.74, 6) is 0.608. The number of aliphatic hydroxyl groups is 1. The molecule has 1 saturated carbocycles. The minimum absolute atomic E-state index is 0.159. The van der Waals surface area contributed by atoms with Crippen LogP contribution in [0.3, 0.4) is 0 Å². The Morgan fingerprint density at radius 3 is 2.44 bits per heavy atom. The van der Waals surface area contributed by atoms with Gasteiger partial charge in [-0.25, -0.2) is 0 Å². The second-order valence-electron chi connectivity index (χ2n) is 7.14. The molecule has 0 unspecified atom stereocenters. The van der Waals surface area contributed by atoms with Crippen molar-refractivity contribution in [3.63, 3.8) is 0 Å². The smallest absolute Gasteiger partial charge is 0.192 e. The third-order valence-electron chi connectivity index (χ3n) is 4.64. The maximum Gasteiger partial charge on any atom is 0.192 e. The lowest BCUT2D eigenvalue weighted by Crippen LogP contribution is -2.44. The monoisotopic (exact) mass is 270 g/mol. The third-order valence-corrected chi connectivity index (χ3v) is 9.17. The van der Waals surface area contributed by atoms with Gasteiger partial charge in [0, 0.05) is 6.10 Å². The Morgan fingerprint density at radius 2 is 1.94 bits per heavy atom. The molecule has 0 aromatic rings. The Morgan fingerprint density at radius 1 is 1.33 bits per heavy atom. The highest BCUT2D eigenvalue weighted by molar-refractivity contribution is 6.74. The van der Waals surface area contributed by atoms with Crippen molar-refractivity contribution in [2.75, 3.05) is 6.61 Å². The van der Waals surface area contributed by atoms with E-state index in [0.717, 1.165) is 12.8 Å². The normalized spacial score (nSPS) is 28.7. The molecule has 18 heavy (non-hydrogen) atoms. The summed E-state index contributed by atoms with van der Waals surface area (Å²) in [5, 5.41) is 9.35. The first-order chi connectivity index (χ1) is 8.17. The van der Waals surface area contributed by atoms with E-state index >= 15 is 0 Å². The zero-order valence-corrected chi connectivity index (χ0v) is 13.9. The molecule has 2 nitrogen and oxygen atoms in total. The Bertz CT molecular complexity index is 302. The van der Waals surface area contributed by atoms with E-state index in [0.29, 0.717) is 12.0 Å². The van der Waals surface area contributed by atoms with Crippen LogP contribution >= 0.6 is 0 Å². The topological polar surface area (TPSA) is 29.5 Å². The second kappa shape index (κ2) is 5.89. The van der Waals surface area contributed by atoms with Crippen LogP contribution in [0.4, 0.5) is 0 Å². The summed E-state index contributed by atoms with van der Waals surface area (Å²) in [7, 11) is -1.66. The van der Waals surface area contributed by atoms with E-state index < -0.39 is 8.32 Å². The largest absolute Gasteiger partial charge is 0.414 e. The van der Waals surface area contributed by atoms with Crippen molar-refractivity contribution in [2.45, 2.75) is 71.2 Å². The highest BCUT2D eigenvalue weighted by Gasteiger charge is 2.40. The van der Waals surface area contributed by atoms with Gasteiger partial charge in [0.05, 0.1) is 6.61 Å². The quantitative estimate of drug-likeness (QED) is 0.617. The summed E-state index contributed by atoms with van der Waals surface area (Å²) < 4.78 is 6.48. The van der Waals surface area contributed by atoms with Gasteiger partial charge in [-0.05, 0) is 43.3 Å². The van der Waals surface area contributed by atoms with E-state index in [1.807, 2.05) is 6.08 Å². The van der Waals surface area contributed by atoms with Gasteiger partial charge in [-0.15, -0.1) is 0 Å². The van der Waals surface area contributed by atoms with Crippen molar-refractivity contribution in [2.24, 2.45) is 5.92 Å². The zero-order valence-electron chi connectivity index (χ0n) is 12.9. The first-order valence-corrected chi connectivity index (χ1v) is 10.1. The van der Waals surface area contributed by atoms with E-state index in [1.165, 1.54) is 12.0 Å². The summed E-state index contributed by atoms with van der Waals surface area (Å²) >= 11 is 0. The second-order valence-corrected chi connectivity index (χ2v) is 11.9. The van der Waals surface area contributed by atoms with Crippen molar-refractivity contribution < 1.29 is 9.53 Å². The molecule has 1 fully saturated rings. The number of aliphatic hydroxyl groups excluding tert-OH is 1. The molecule has 3 heteroatoms. The van der Waals surface area contributed by atoms with E-state index in [4.69, 9.17) is 9.53 Å². The summed E-state index contributed by atoms with van der Waals surface area (Å²) in [6.45, 7) is 13.9. The Labute approximate surface area is 114 Å². The minimum Gasteiger partial charge on any atom is -0.414 e. The summed E-state index contributed by atoms with van der Waals surface area (Å²) in [6.07, 6.45) is 5.70. The van der Waals surface area contributed by atoms with Gasteiger partial charge in [0.2, 0.25) is 0 Å². The maximum absolute atomic E-state index is 9.08. The van der Waals surface area contributed by atoms with Crippen molar-refractivity contribution >= 4 is 8.32 Å². The van der Waals surface area contributed by atoms with Crippen LogP contribution in [0.1, 0.15) is 47.0 Å². The number of hydrogen-bond acceptors (Lipinski definition) is 2. The number of rotatable bonds is 3. The van der Waals surface area contributed by atoms with Crippen LogP contribution < -0.4 is 0 Å². The van der Waals surface area contributed by atoms with Crippen molar-refractivity contribution in [3.05, 3.63) is 11.6 Å². The van der Waals surface area contributed by atoms with Gasteiger partial charge in [0.15, 0.2) is 8.32 Å². The van der Waals surface area contributed by atoms with Gasteiger partial charge in [0.1, 0.15) is 0 Å². The lowest BCUT2D eigenvalue weighted by Gasteiger charge is -2.41. The maximum atomic E-state index is 9.08. The fourth-order valence-corrected chi connectivity index (χ4v) is 3.67. The molecule has 0 aliphatic heterocycles. The van der Waals surface area contributed by atoms with Gasteiger partial charge in [-0.1, -0.05) is 39.3 Å². The van der Waals surface area contributed by atoms with Crippen LogP contribution in [0.5, 0.6) is 0 Å². The van der Waals surface area contributed by atoms with Crippen LogP contribution in [0.25, 0.3) is 0 Å². The van der Waals surface area contributed by atoms with Gasteiger partial charge in [0.25, 0.3) is 0 Å². The van der Waals surface area contributed by atoms with Gasteiger partial charge >= 0.3 is 0 Å². The average molecular weight is 270 g/mol. The molecule has 0 aromatic heterocycles. The number of hydrogen-bond donors (Lipinski definition) is 1. The fraction of sp³-hybridized carbons (Fsp3) is 0.867. The van der Waals surface area contributed by atoms with E-state index in [9.17, 15) is 0 Å². The highest BCUT2D eigenvalue weighted by Crippen LogP contribution is 2.40.